The number of Topliss-reactive ketones (excluding diaryl/α,β-unsaturated/α-hetero) is 1. The highest BCUT2D eigenvalue weighted by Gasteiger charge is 2.20. The number of hydrogen-bond acceptors (Lipinski definition) is 6. The maximum atomic E-state index is 12.6. The summed E-state index contributed by atoms with van der Waals surface area (Å²) >= 11 is 2.09. The number of amides is 2. The molecule has 3 rings (SSSR count). The first-order valence-electron chi connectivity index (χ1n) is 10.6. The molecule has 1 atom stereocenters. The molecular formula is C26H24IN3O5. The average molecular weight is 585 g/mol. The Morgan fingerprint density at radius 1 is 1.06 bits per heavy atom. The molecule has 0 bridgehead atoms. The van der Waals surface area contributed by atoms with E-state index >= 15 is 0 Å². The fraction of sp³-hybridized carbons (Fsp3) is 0.115. The fourth-order valence-corrected chi connectivity index (χ4v) is 3.69. The number of hydrogen-bond donors (Lipinski definition) is 4. The molecule has 2 amide bonds. The van der Waals surface area contributed by atoms with Crippen molar-refractivity contribution >= 4 is 57.4 Å². The monoisotopic (exact) mass is 585 g/mol. The zero-order chi connectivity index (χ0) is 25.4. The van der Waals surface area contributed by atoms with E-state index in [-0.39, 0.29) is 18.0 Å². The number of para-hydroxylation sites is 2. The molecule has 0 fully saturated rings. The van der Waals surface area contributed by atoms with Crippen LogP contribution in [0.25, 0.3) is 0 Å². The van der Waals surface area contributed by atoms with Crippen molar-refractivity contribution in [1.82, 2.24) is 0 Å². The van der Waals surface area contributed by atoms with Crippen molar-refractivity contribution in [2.75, 3.05) is 16.4 Å². The Bertz CT molecular complexity index is 1260. The second kappa shape index (κ2) is 12.0. The average Bonchev–Trinajstić information content (AvgIpc) is 2.82. The van der Waals surface area contributed by atoms with Gasteiger partial charge in [-0.2, -0.15) is 0 Å². The van der Waals surface area contributed by atoms with Gasteiger partial charge >= 0.3 is 6.09 Å². The van der Waals surface area contributed by atoms with Gasteiger partial charge in [0.2, 0.25) is 5.91 Å². The Balaban J connectivity index is 1.71. The van der Waals surface area contributed by atoms with E-state index in [0.29, 0.717) is 28.2 Å². The highest BCUT2D eigenvalue weighted by molar-refractivity contribution is 14.1. The molecule has 0 radical (unpaired) electrons. The summed E-state index contributed by atoms with van der Waals surface area (Å²) in [5.74, 6) is -0.522. The van der Waals surface area contributed by atoms with E-state index in [1.165, 1.54) is 19.1 Å². The van der Waals surface area contributed by atoms with Crippen LogP contribution in [0.15, 0.2) is 78.9 Å². The molecule has 0 aliphatic rings. The van der Waals surface area contributed by atoms with Gasteiger partial charge in [0.15, 0.2) is 5.78 Å². The Morgan fingerprint density at radius 2 is 1.77 bits per heavy atom. The largest absolute Gasteiger partial charge is 0.508 e. The molecule has 8 nitrogen and oxygen atoms in total. The SMILES string of the molecule is CC(=O)c1ccc(NC(=O)O[C@H](C/C=C/C(=O)Nc2ccccc2N)c2cc(I)ccc2O)cc1. The number of carbonyl (C=O) groups excluding carboxylic acids is 3. The Morgan fingerprint density at radius 3 is 2.46 bits per heavy atom. The second-order valence-corrected chi connectivity index (χ2v) is 8.82. The summed E-state index contributed by atoms with van der Waals surface area (Å²) in [5, 5.41) is 15.7. The lowest BCUT2D eigenvalue weighted by atomic mass is 10.0. The highest BCUT2D eigenvalue weighted by Crippen LogP contribution is 2.31. The molecule has 0 spiro atoms. The maximum absolute atomic E-state index is 12.6. The molecule has 0 unspecified atom stereocenters. The van der Waals surface area contributed by atoms with Crippen LogP contribution in [0.4, 0.5) is 21.9 Å². The van der Waals surface area contributed by atoms with Crippen molar-refractivity contribution in [1.29, 1.82) is 0 Å². The van der Waals surface area contributed by atoms with Gasteiger partial charge in [0, 0.05) is 26.8 Å². The number of rotatable bonds is 8. The van der Waals surface area contributed by atoms with Crippen molar-refractivity contribution in [3.8, 4) is 5.75 Å². The number of ketones is 1. The van der Waals surface area contributed by atoms with Crippen LogP contribution in [0.2, 0.25) is 0 Å². The predicted molar refractivity (Wildman–Crippen MR) is 143 cm³/mol. The van der Waals surface area contributed by atoms with Crippen LogP contribution in [0.3, 0.4) is 0 Å². The van der Waals surface area contributed by atoms with Gasteiger partial charge in [-0.1, -0.05) is 18.2 Å². The Kier molecular flexibility index (Phi) is 8.85. The third-order valence-corrected chi connectivity index (χ3v) is 5.63. The van der Waals surface area contributed by atoms with Crippen LogP contribution in [-0.4, -0.2) is 22.9 Å². The van der Waals surface area contributed by atoms with E-state index in [4.69, 9.17) is 10.5 Å². The van der Waals surface area contributed by atoms with E-state index in [1.54, 1.807) is 66.7 Å². The third-order valence-electron chi connectivity index (χ3n) is 4.96. The zero-order valence-corrected chi connectivity index (χ0v) is 21.0. The van der Waals surface area contributed by atoms with E-state index in [2.05, 4.69) is 33.2 Å². The molecule has 35 heavy (non-hydrogen) atoms. The number of nitrogens with two attached hydrogens (primary N) is 1. The van der Waals surface area contributed by atoms with Crippen LogP contribution in [0.5, 0.6) is 5.75 Å². The van der Waals surface area contributed by atoms with Gasteiger partial charge in [-0.3, -0.25) is 14.9 Å². The van der Waals surface area contributed by atoms with Gasteiger partial charge in [-0.05, 0) is 90.2 Å². The number of phenols is 1. The van der Waals surface area contributed by atoms with Crippen LogP contribution >= 0.6 is 22.6 Å². The topological polar surface area (TPSA) is 131 Å². The molecular weight excluding hydrogens is 561 g/mol. The number of halogens is 1. The lowest BCUT2D eigenvalue weighted by molar-refractivity contribution is -0.111. The van der Waals surface area contributed by atoms with Crippen molar-refractivity contribution in [3.63, 3.8) is 0 Å². The second-order valence-electron chi connectivity index (χ2n) is 7.57. The number of aromatic hydroxyl groups is 1. The predicted octanol–water partition coefficient (Wildman–Crippen LogP) is 5.66. The van der Waals surface area contributed by atoms with E-state index in [1.807, 2.05) is 0 Å². The minimum Gasteiger partial charge on any atom is -0.508 e. The summed E-state index contributed by atoms with van der Waals surface area (Å²) in [6.45, 7) is 1.46. The van der Waals surface area contributed by atoms with E-state index < -0.39 is 18.1 Å². The molecule has 0 saturated carbocycles. The van der Waals surface area contributed by atoms with Crippen molar-refractivity contribution in [2.24, 2.45) is 0 Å². The number of benzene rings is 3. The highest BCUT2D eigenvalue weighted by atomic mass is 127. The number of ether oxygens (including phenoxy) is 1. The van der Waals surface area contributed by atoms with Crippen LogP contribution in [0, 0.1) is 3.57 Å². The molecule has 0 aliphatic heterocycles. The number of carbonyl (C=O) groups is 3. The molecule has 3 aromatic rings. The van der Waals surface area contributed by atoms with Crippen molar-refractivity contribution < 1.29 is 24.2 Å². The van der Waals surface area contributed by atoms with Crippen molar-refractivity contribution in [2.45, 2.75) is 19.4 Å². The van der Waals surface area contributed by atoms with Gasteiger partial charge in [0.25, 0.3) is 0 Å². The fourth-order valence-electron chi connectivity index (χ4n) is 3.17. The van der Waals surface area contributed by atoms with Gasteiger partial charge in [-0.25, -0.2) is 4.79 Å². The van der Waals surface area contributed by atoms with Crippen molar-refractivity contribution in [3.05, 3.63) is 93.6 Å². The number of anilines is 3. The first-order chi connectivity index (χ1) is 16.7. The van der Waals surface area contributed by atoms with Gasteiger partial charge in [-0.15, -0.1) is 0 Å². The molecule has 180 valence electrons. The normalized spacial score (nSPS) is 11.6. The quantitative estimate of drug-likeness (QED) is 0.117. The molecule has 0 saturated heterocycles. The lowest BCUT2D eigenvalue weighted by Crippen LogP contribution is -2.18. The van der Waals surface area contributed by atoms with Crippen LogP contribution in [0.1, 0.15) is 35.4 Å². The minimum absolute atomic E-state index is 0.0380. The number of phenolic OH excluding ortho intramolecular Hbond substituents is 1. The number of nitrogen functional groups attached to an aromatic ring is 1. The summed E-state index contributed by atoms with van der Waals surface area (Å²) in [5.41, 5.74) is 8.13. The first kappa shape index (κ1) is 25.8. The molecule has 0 aromatic heterocycles. The number of nitrogens with one attached hydrogen (secondary N) is 2. The van der Waals surface area contributed by atoms with Gasteiger partial charge in [0.05, 0.1) is 11.4 Å². The standard InChI is InChI=1S/C26H24IN3O5/c1-16(31)17-9-12-19(13-10-17)29-26(34)35-24(20-15-18(27)11-14-23(20)32)7-4-8-25(33)30-22-6-3-2-5-21(22)28/h2-6,8-15,24,32H,7,28H2,1H3,(H,29,34)(H,30,33)/b8-4+/t24-/m1/s1. The van der Waals surface area contributed by atoms with Crippen LogP contribution < -0.4 is 16.4 Å². The molecule has 0 aliphatic carbocycles. The summed E-state index contributed by atoms with van der Waals surface area (Å²) in [7, 11) is 0. The maximum Gasteiger partial charge on any atom is 0.412 e. The van der Waals surface area contributed by atoms with Gasteiger partial charge < -0.3 is 20.9 Å². The molecule has 5 N–H and O–H groups in total. The molecule has 9 heteroatoms. The summed E-state index contributed by atoms with van der Waals surface area (Å²) in [4.78, 5) is 36.3. The lowest BCUT2D eigenvalue weighted by Gasteiger charge is -2.19. The molecule has 3 aromatic carbocycles. The summed E-state index contributed by atoms with van der Waals surface area (Å²) < 4.78 is 6.43. The molecule has 0 heterocycles. The summed E-state index contributed by atoms with van der Waals surface area (Å²) in [6, 6.07) is 18.2. The minimum atomic E-state index is -0.868. The Labute approximate surface area is 216 Å². The first-order valence-corrected chi connectivity index (χ1v) is 11.7. The summed E-state index contributed by atoms with van der Waals surface area (Å²) in [6.07, 6.45) is 1.37. The third kappa shape index (κ3) is 7.57. The van der Waals surface area contributed by atoms with E-state index in [0.717, 1.165) is 3.57 Å². The zero-order valence-electron chi connectivity index (χ0n) is 18.8. The van der Waals surface area contributed by atoms with E-state index in [9.17, 15) is 19.5 Å². The van der Waals surface area contributed by atoms with Gasteiger partial charge in [0.1, 0.15) is 11.9 Å². The van der Waals surface area contributed by atoms with Crippen LogP contribution in [-0.2, 0) is 9.53 Å². The Hall–Kier alpha value is -3.86. The smallest absolute Gasteiger partial charge is 0.412 e.